The molecular formula is C18H31N5O8. The number of carboxylic acid groups (broad SMARTS) is 2. The number of hydrogen-bond acceptors (Lipinski definition) is 7. The molecule has 0 rings (SSSR count). The van der Waals surface area contributed by atoms with Gasteiger partial charge in [-0.3, -0.25) is 28.8 Å². The fourth-order valence-electron chi connectivity index (χ4n) is 2.43. The highest BCUT2D eigenvalue weighted by Crippen LogP contribution is 2.07. The van der Waals surface area contributed by atoms with Crippen molar-refractivity contribution in [2.45, 2.75) is 64.1 Å². The predicted molar refractivity (Wildman–Crippen MR) is 107 cm³/mol. The molecule has 0 heterocycles. The quantitative estimate of drug-likeness (QED) is 0.143. The summed E-state index contributed by atoms with van der Waals surface area (Å²) < 4.78 is 0. The highest BCUT2D eigenvalue weighted by Gasteiger charge is 2.29. The number of carbonyl (C=O) groups is 6. The van der Waals surface area contributed by atoms with Crippen LogP contribution in [0, 0.1) is 5.92 Å². The third-order valence-corrected chi connectivity index (χ3v) is 4.57. The van der Waals surface area contributed by atoms with Gasteiger partial charge in [0.1, 0.15) is 18.6 Å². The largest absolute Gasteiger partial charge is 0.481 e. The standard InChI is InChI=1S/C18H31N5O8/c1-3-9(2)15(20)18(31)23-11(4-6-12(19)24)17(30)22-10(5-7-13(25)26)16(29)21-8-14(27)28/h9-11,15H,3-8,20H2,1-2H3,(H2,19,24)(H,21,29)(H,22,30)(H,23,31)(H,25,26)(H,27,28). The molecule has 9 N–H and O–H groups in total. The topological polar surface area (TPSA) is 231 Å². The maximum absolute atomic E-state index is 12.7. The Kier molecular flexibility index (Phi) is 12.5. The lowest BCUT2D eigenvalue weighted by atomic mass is 9.98. The van der Waals surface area contributed by atoms with Gasteiger partial charge >= 0.3 is 11.9 Å². The molecule has 0 saturated carbocycles. The fraction of sp³-hybridized carbons (Fsp3) is 0.667. The van der Waals surface area contributed by atoms with Crippen LogP contribution in [-0.4, -0.2) is 70.5 Å². The van der Waals surface area contributed by atoms with Gasteiger partial charge in [0, 0.05) is 12.8 Å². The molecular weight excluding hydrogens is 414 g/mol. The Morgan fingerprint density at radius 2 is 1.35 bits per heavy atom. The van der Waals surface area contributed by atoms with Gasteiger partial charge in [0.2, 0.25) is 23.6 Å². The molecule has 4 unspecified atom stereocenters. The summed E-state index contributed by atoms with van der Waals surface area (Å²) in [6.45, 7) is 2.85. The Hall–Kier alpha value is -3.22. The van der Waals surface area contributed by atoms with Crippen LogP contribution in [0.5, 0.6) is 0 Å². The number of rotatable bonds is 15. The second-order valence-corrected chi connectivity index (χ2v) is 7.08. The summed E-state index contributed by atoms with van der Waals surface area (Å²) in [4.78, 5) is 69.8. The van der Waals surface area contributed by atoms with Crippen LogP contribution in [0.4, 0.5) is 0 Å². The molecule has 13 nitrogen and oxygen atoms in total. The van der Waals surface area contributed by atoms with E-state index in [2.05, 4.69) is 16.0 Å². The molecule has 0 aromatic heterocycles. The number of aliphatic carboxylic acids is 2. The van der Waals surface area contributed by atoms with Crippen molar-refractivity contribution in [3.63, 3.8) is 0 Å². The van der Waals surface area contributed by atoms with E-state index in [4.69, 9.17) is 21.7 Å². The smallest absolute Gasteiger partial charge is 0.322 e. The number of nitrogens with two attached hydrogens (primary N) is 2. The normalized spacial score (nSPS) is 14.4. The number of hydrogen-bond donors (Lipinski definition) is 7. The van der Waals surface area contributed by atoms with Crippen molar-refractivity contribution in [1.82, 2.24) is 16.0 Å². The zero-order valence-electron chi connectivity index (χ0n) is 17.6. The zero-order valence-corrected chi connectivity index (χ0v) is 17.6. The zero-order chi connectivity index (χ0) is 24.1. The van der Waals surface area contributed by atoms with E-state index in [-0.39, 0.29) is 25.2 Å². The number of carboxylic acids is 2. The van der Waals surface area contributed by atoms with Gasteiger partial charge < -0.3 is 37.6 Å². The second kappa shape index (κ2) is 13.9. The maximum atomic E-state index is 12.7. The number of nitrogens with one attached hydrogen (secondary N) is 3. The minimum absolute atomic E-state index is 0.178. The molecule has 0 aliphatic heterocycles. The van der Waals surface area contributed by atoms with E-state index in [1.54, 1.807) is 6.92 Å². The van der Waals surface area contributed by atoms with E-state index in [0.29, 0.717) is 6.42 Å². The van der Waals surface area contributed by atoms with E-state index >= 15 is 0 Å². The minimum Gasteiger partial charge on any atom is -0.481 e. The number of primary amides is 1. The first kappa shape index (κ1) is 27.8. The number of amides is 4. The van der Waals surface area contributed by atoms with Crippen LogP contribution in [0.2, 0.25) is 0 Å². The average molecular weight is 445 g/mol. The van der Waals surface area contributed by atoms with Crippen LogP contribution in [0.1, 0.15) is 46.0 Å². The summed E-state index contributed by atoms with van der Waals surface area (Å²) in [6.07, 6.45) is -0.629. The molecule has 0 aromatic rings. The summed E-state index contributed by atoms with van der Waals surface area (Å²) in [5.74, 6) is -5.90. The van der Waals surface area contributed by atoms with Gasteiger partial charge in [-0.25, -0.2) is 0 Å². The third kappa shape index (κ3) is 11.5. The van der Waals surface area contributed by atoms with Gasteiger partial charge in [-0.15, -0.1) is 0 Å². The summed E-state index contributed by atoms with van der Waals surface area (Å²) in [5, 5.41) is 24.3. The van der Waals surface area contributed by atoms with E-state index < -0.39 is 66.7 Å². The second-order valence-electron chi connectivity index (χ2n) is 7.08. The summed E-state index contributed by atoms with van der Waals surface area (Å²) in [5.41, 5.74) is 11.0. The lowest BCUT2D eigenvalue weighted by Gasteiger charge is -2.25. The summed E-state index contributed by atoms with van der Waals surface area (Å²) >= 11 is 0. The van der Waals surface area contributed by atoms with E-state index in [0.717, 1.165) is 0 Å². The Morgan fingerprint density at radius 3 is 1.84 bits per heavy atom. The molecule has 31 heavy (non-hydrogen) atoms. The van der Waals surface area contributed by atoms with Crippen molar-refractivity contribution < 1.29 is 39.0 Å². The van der Waals surface area contributed by atoms with E-state index in [1.165, 1.54) is 0 Å². The minimum atomic E-state index is -1.38. The first-order chi connectivity index (χ1) is 14.4. The Balaban J connectivity index is 5.40. The van der Waals surface area contributed by atoms with Crippen molar-refractivity contribution in [3.8, 4) is 0 Å². The van der Waals surface area contributed by atoms with Crippen LogP contribution in [0.3, 0.4) is 0 Å². The molecule has 0 fully saturated rings. The summed E-state index contributed by atoms with van der Waals surface area (Å²) in [6, 6.07) is -3.57. The van der Waals surface area contributed by atoms with Crippen LogP contribution in [0.25, 0.3) is 0 Å². The molecule has 0 aliphatic rings. The van der Waals surface area contributed by atoms with Crippen molar-refractivity contribution >= 4 is 35.6 Å². The van der Waals surface area contributed by atoms with E-state index in [1.807, 2.05) is 6.92 Å². The molecule has 0 aliphatic carbocycles. The number of carbonyl (C=O) groups excluding carboxylic acids is 4. The molecule has 0 bridgehead atoms. The Labute approximate surface area is 179 Å². The van der Waals surface area contributed by atoms with Crippen molar-refractivity contribution in [3.05, 3.63) is 0 Å². The maximum Gasteiger partial charge on any atom is 0.322 e. The molecule has 0 saturated heterocycles. The van der Waals surface area contributed by atoms with Gasteiger partial charge in [0.15, 0.2) is 0 Å². The van der Waals surface area contributed by atoms with Gasteiger partial charge in [-0.1, -0.05) is 20.3 Å². The molecule has 0 aromatic carbocycles. The Morgan fingerprint density at radius 1 is 0.839 bits per heavy atom. The van der Waals surface area contributed by atoms with Gasteiger partial charge in [-0.05, 0) is 18.8 Å². The monoisotopic (exact) mass is 445 g/mol. The van der Waals surface area contributed by atoms with Crippen LogP contribution < -0.4 is 27.4 Å². The fourth-order valence-corrected chi connectivity index (χ4v) is 2.43. The van der Waals surface area contributed by atoms with Gasteiger partial charge in [0.05, 0.1) is 6.04 Å². The average Bonchev–Trinajstić information content (AvgIpc) is 2.70. The molecule has 0 radical (unpaired) electrons. The molecule has 0 spiro atoms. The SMILES string of the molecule is CCC(C)C(N)C(=O)NC(CCC(N)=O)C(=O)NC(CCC(=O)O)C(=O)NCC(=O)O. The molecule has 4 atom stereocenters. The van der Waals surface area contributed by atoms with Crippen molar-refractivity contribution in [2.75, 3.05) is 6.54 Å². The molecule has 13 heteroatoms. The van der Waals surface area contributed by atoms with Crippen molar-refractivity contribution in [1.29, 1.82) is 0 Å². The van der Waals surface area contributed by atoms with Crippen LogP contribution in [0.15, 0.2) is 0 Å². The third-order valence-electron chi connectivity index (χ3n) is 4.57. The Bertz CT molecular complexity index is 684. The van der Waals surface area contributed by atoms with E-state index in [9.17, 15) is 28.8 Å². The molecule has 176 valence electrons. The first-order valence-electron chi connectivity index (χ1n) is 9.74. The molecule has 4 amide bonds. The predicted octanol–water partition coefficient (Wildman–Crippen LogP) is -2.34. The van der Waals surface area contributed by atoms with Gasteiger partial charge in [-0.2, -0.15) is 0 Å². The lowest BCUT2D eigenvalue weighted by Crippen LogP contribution is -2.56. The summed E-state index contributed by atoms with van der Waals surface area (Å²) in [7, 11) is 0. The highest BCUT2D eigenvalue weighted by atomic mass is 16.4. The van der Waals surface area contributed by atoms with Crippen molar-refractivity contribution in [2.24, 2.45) is 17.4 Å². The lowest BCUT2D eigenvalue weighted by molar-refractivity contribution is -0.140. The first-order valence-corrected chi connectivity index (χ1v) is 9.74. The van der Waals surface area contributed by atoms with Crippen LogP contribution in [-0.2, 0) is 28.8 Å². The highest BCUT2D eigenvalue weighted by molar-refractivity contribution is 5.94. The van der Waals surface area contributed by atoms with Gasteiger partial charge in [0.25, 0.3) is 0 Å². The van der Waals surface area contributed by atoms with Crippen LogP contribution >= 0.6 is 0 Å².